The minimum absolute atomic E-state index is 0.151. The minimum atomic E-state index is -2.07. The number of carbonyl (C=O) groups is 2. The molecule has 0 saturated carbocycles. The number of hydrogen-bond donors (Lipinski definition) is 4. The lowest BCUT2D eigenvalue weighted by atomic mass is 10.0. The molecule has 2 atom stereocenters. The molecular weight excluding hydrogens is 254 g/mol. The number of rotatable bonds is 4. The Hall–Kier alpha value is -1.70. The molecular formula is C9H8ClNO6. The van der Waals surface area contributed by atoms with E-state index in [0.717, 1.165) is 12.3 Å². The lowest BCUT2D eigenvalue weighted by Gasteiger charge is -2.14. The highest BCUT2D eigenvalue weighted by molar-refractivity contribution is 6.32. The number of aliphatic hydroxyl groups excluding tert-OH is 2. The number of aliphatic carboxylic acids is 1. The summed E-state index contributed by atoms with van der Waals surface area (Å²) in [7, 11) is 0. The Kier molecular flexibility index (Phi) is 4.00. The monoisotopic (exact) mass is 261 g/mol. The predicted octanol–water partition coefficient (Wildman–Crippen LogP) is -0.0879. The largest absolute Gasteiger partial charge is 0.479 e. The van der Waals surface area contributed by atoms with Crippen LogP contribution < -0.4 is 0 Å². The molecule has 1 aromatic rings. The zero-order valence-corrected chi connectivity index (χ0v) is 9.00. The lowest BCUT2D eigenvalue weighted by Crippen LogP contribution is -2.27. The zero-order valence-electron chi connectivity index (χ0n) is 8.24. The van der Waals surface area contributed by atoms with Crippen molar-refractivity contribution in [2.24, 2.45) is 0 Å². The Labute approximate surface area is 99.9 Å². The predicted molar refractivity (Wildman–Crippen MR) is 54.8 cm³/mol. The molecule has 0 radical (unpaired) electrons. The van der Waals surface area contributed by atoms with Crippen LogP contribution in [0.5, 0.6) is 0 Å². The summed E-state index contributed by atoms with van der Waals surface area (Å²) < 4.78 is 0. The molecule has 0 amide bonds. The zero-order chi connectivity index (χ0) is 13.2. The molecule has 4 N–H and O–H groups in total. The van der Waals surface area contributed by atoms with E-state index in [1.54, 1.807) is 0 Å². The Morgan fingerprint density at radius 3 is 2.35 bits per heavy atom. The molecule has 0 fully saturated rings. The van der Waals surface area contributed by atoms with E-state index >= 15 is 0 Å². The molecule has 2 unspecified atom stereocenters. The topological polar surface area (TPSA) is 128 Å². The molecule has 17 heavy (non-hydrogen) atoms. The van der Waals surface area contributed by atoms with E-state index in [-0.39, 0.29) is 16.3 Å². The van der Waals surface area contributed by atoms with E-state index in [4.69, 9.17) is 26.9 Å². The summed E-state index contributed by atoms with van der Waals surface area (Å²) in [6, 6.07) is 0.953. The second-order valence-corrected chi connectivity index (χ2v) is 3.50. The van der Waals surface area contributed by atoms with E-state index < -0.39 is 24.1 Å². The number of halogens is 1. The van der Waals surface area contributed by atoms with Gasteiger partial charge in [0.05, 0.1) is 5.56 Å². The summed E-state index contributed by atoms with van der Waals surface area (Å²) in [4.78, 5) is 24.6. The first-order chi connectivity index (χ1) is 7.84. The Balaban J connectivity index is 3.11. The molecule has 92 valence electrons. The fraction of sp³-hybridized carbons (Fsp3) is 0.222. The smallest absolute Gasteiger partial charge is 0.338 e. The van der Waals surface area contributed by atoms with Crippen molar-refractivity contribution in [2.75, 3.05) is 0 Å². The van der Waals surface area contributed by atoms with Crippen LogP contribution in [-0.2, 0) is 4.79 Å². The number of aliphatic hydroxyl groups is 2. The number of hydrogen-bond acceptors (Lipinski definition) is 5. The van der Waals surface area contributed by atoms with Crippen molar-refractivity contribution in [1.29, 1.82) is 0 Å². The SMILES string of the molecule is O=C(O)c1cc(C(O)C(O)C(=O)O)cnc1Cl. The average molecular weight is 262 g/mol. The normalized spacial score (nSPS) is 14.1. The summed E-state index contributed by atoms with van der Waals surface area (Å²) in [6.07, 6.45) is -2.86. The van der Waals surface area contributed by atoms with Gasteiger partial charge in [-0.05, 0) is 6.07 Å². The van der Waals surface area contributed by atoms with Crippen LogP contribution in [0.15, 0.2) is 12.3 Å². The van der Waals surface area contributed by atoms with Gasteiger partial charge in [0.15, 0.2) is 6.10 Å². The van der Waals surface area contributed by atoms with Crippen LogP contribution in [0.25, 0.3) is 0 Å². The maximum atomic E-state index is 10.7. The van der Waals surface area contributed by atoms with Gasteiger partial charge in [-0.15, -0.1) is 0 Å². The van der Waals surface area contributed by atoms with Gasteiger partial charge in [-0.3, -0.25) is 0 Å². The van der Waals surface area contributed by atoms with Crippen LogP contribution in [0.1, 0.15) is 22.0 Å². The average Bonchev–Trinajstić information content (AvgIpc) is 2.27. The van der Waals surface area contributed by atoms with E-state index in [1.807, 2.05) is 0 Å². The fourth-order valence-electron chi connectivity index (χ4n) is 1.09. The molecule has 0 aromatic carbocycles. The standard InChI is InChI=1S/C9H8ClNO6/c10-7-4(8(14)15)1-3(2-11-7)5(12)6(13)9(16)17/h1-2,5-6,12-13H,(H,14,15)(H,16,17). The molecule has 0 saturated heterocycles. The first-order valence-electron chi connectivity index (χ1n) is 4.32. The Morgan fingerprint density at radius 1 is 1.29 bits per heavy atom. The van der Waals surface area contributed by atoms with Crippen LogP contribution >= 0.6 is 11.6 Å². The number of carboxylic acids is 2. The first kappa shape index (κ1) is 13.4. The summed E-state index contributed by atoms with van der Waals surface area (Å²) >= 11 is 5.49. The third-order valence-corrected chi connectivity index (χ3v) is 2.29. The molecule has 0 aliphatic heterocycles. The van der Waals surface area contributed by atoms with Crippen LogP contribution in [0.4, 0.5) is 0 Å². The van der Waals surface area contributed by atoms with Crippen molar-refractivity contribution in [3.63, 3.8) is 0 Å². The van der Waals surface area contributed by atoms with Crippen molar-refractivity contribution in [3.8, 4) is 0 Å². The summed E-state index contributed by atoms with van der Waals surface area (Å²) in [5.74, 6) is -3.01. The number of carboxylic acid groups (broad SMARTS) is 2. The van der Waals surface area contributed by atoms with Gasteiger partial charge in [-0.1, -0.05) is 11.6 Å². The van der Waals surface area contributed by atoms with E-state index in [1.165, 1.54) is 0 Å². The second-order valence-electron chi connectivity index (χ2n) is 3.14. The highest BCUT2D eigenvalue weighted by atomic mass is 35.5. The number of aromatic nitrogens is 1. The van der Waals surface area contributed by atoms with Gasteiger partial charge in [0.25, 0.3) is 0 Å². The highest BCUT2D eigenvalue weighted by Crippen LogP contribution is 2.21. The van der Waals surface area contributed by atoms with Gasteiger partial charge in [-0.2, -0.15) is 0 Å². The number of nitrogens with zero attached hydrogens (tertiary/aromatic N) is 1. The third-order valence-electron chi connectivity index (χ3n) is 1.98. The molecule has 0 spiro atoms. The van der Waals surface area contributed by atoms with Crippen molar-refractivity contribution in [1.82, 2.24) is 4.98 Å². The van der Waals surface area contributed by atoms with E-state index in [9.17, 15) is 14.7 Å². The van der Waals surface area contributed by atoms with Crippen LogP contribution in [0.3, 0.4) is 0 Å². The van der Waals surface area contributed by atoms with Gasteiger partial charge in [0, 0.05) is 11.8 Å². The van der Waals surface area contributed by atoms with Crippen LogP contribution in [-0.4, -0.2) is 43.5 Å². The molecule has 0 bridgehead atoms. The maximum Gasteiger partial charge on any atom is 0.338 e. The van der Waals surface area contributed by atoms with Crippen LogP contribution in [0.2, 0.25) is 5.15 Å². The van der Waals surface area contributed by atoms with Gasteiger partial charge >= 0.3 is 11.9 Å². The molecule has 0 aliphatic carbocycles. The lowest BCUT2D eigenvalue weighted by molar-refractivity contribution is -0.153. The van der Waals surface area contributed by atoms with Gasteiger partial charge in [0.1, 0.15) is 11.3 Å². The maximum absolute atomic E-state index is 10.7. The van der Waals surface area contributed by atoms with Gasteiger partial charge in [0.2, 0.25) is 0 Å². The summed E-state index contributed by atoms with van der Waals surface area (Å²) in [5, 5.41) is 35.5. The number of aromatic carboxylic acids is 1. The van der Waals surface area contributed by atoms with Crippen molar-refractivity contribution in [3.05, 3.63) is 28.5 Å². The van der Waals surface area contributed by atoms with Crippen molar-refractivity contribution >= 4 is 23.5 Å². The summed E-state index contributed by atoms with van der Waals surface area (Å²) in [5.41, 5.74) is -0.539. The fourth-order valence-corrected chi connectivity index (χ4v) is 1.28. The third kappa shape index (κ3) is 2.90. The van der Waals surface area contributed by atoms with Crippen LogP contribution in [0, 0.1) is 0 Å². The summed E-state index contributed by atoms with van der Waals surface area (Å²) in [6.45, 7) is 0. The molecule has 0 aliphatic rings. The molecule has 1 aromatic heterocycles. The second kappa shape index (κ2) is 5.09. The number of pyridine rings is 1. The molecule has 1 heterocycles. The molecule has 1 rings (SSSR count). The quantitative estimate of drug-likeness (QED) is 0.558. The Bertz CT molecular complexity index is 463. The van der Waals surface area contributed by atoms with E-state index in [2.05, 4.69) is 4.98 Å². The van der Waals surface area contributed by atoms with Crippen molar-refractivity contribution < 1.29 is 30.0 Å². The Morgan fingerprint density at radius 2 is 1.88 bits per heavy atom. The van der Waals surface area contributed by atoms with Gasteiger partial charge in [-0.25, -0.2) is 14.6 Å². The van der Waals surface area contributed by atoms with E-state index in [0.29, 0.717) is 0 Å². The minimum Gasteiger partial charge on any atom is -0.479 e. The van der Waals surface area contributed by atoms with Gasteiger partial charge < -0.3 is 20.4 Å². The molecule has 8 heteroatoms. The molecule has 7 nitrogen and oxygen atoms in total. The first-order valence-corrected chi connectivity index (χ1v) is 4.70. The van der Waals surface area contributed by atoms with Crippen molar-refractivity contribution in [2.45, 2.75) is 12.2 Å². The highest BCUT2D eigenvalue weighted by Gasteiger charge is 2.26.